The van der Waals surface area contributed by atoms with Gasteiger partial charge < -0.3 is 8.92 Å². The predicted octanol–water partition coefficient (Wildman–Crippen LogP) is 3.37. The maximum absolute atomic E-state index is 13.4. The van der Waals surface area contributed by atoms with Gasteiger partial charge in [-0.25, -0.2) is 4.98 Å². The Labute approximate surface area is 181 Å². The number of carbonyl (C=O) groups is 1. The Morgan fingerprint density at radius 3 is 2.53 bits per heavy atom. The molecule has 0 atom stereocenters. The Bertz CT molecular complexity index is 1130. The van der Waals surface area contributed by atoms with Gasteiger partial charge in [0.2, 0.25) is 5.88 Å². The third-order valence-electron chi connectivity index (χ3n) is 4.87. The molecule has 0 spiro atoms. The summed E-state index contributed by atoms with van der Waals surface area (Å²) in [6.07, 6.45) is -0.558. The third-order valence-corrected chi connectivity index (χ3v) is 6.10. The van der Waals surface area contributed by atoms with E-state index in [1.807, 2.05) is 0 Å². The van der Waals surface area contributed by atoms with Crippen LogP contribution in [0, 0.1) is 17.2 Å². The summed E-state index contributed by atoms with van der Waals surface area (Å²) in [6, 6.07) is 3.57. The van der Waals surface area contributed by atoms with E-state index in [0.29, 0.717) is 4.68 Å². The number of pyridine rings is 1. The lowest BCUT2D eigenvalue weighted by Gasteiger charge is -2.13. The van der Waals surface area contributed by atoms with Crippen LogP contribution in [-0.4, -0.2) is 35.8 Å². The first-order valence-corrected chi connectivity index (χ1v) is 11.1. The molecule has 1 aliphatic rings. The van der Waals surface area contributed by atoms with E-state index in [-0.39, 0.29) is 24.8 Å². The molecule has 0 aliphatic heterocycles. The minimum Gasteiger partial charge on any atom is -0.476 e. The number of nitriles is 1. The number of ether oxygens (including phenoxy) is 1. The Morgan fingerprint density at radius 1 is 1.31 bits per heavy atom. The van der Waals surface area contributed by atoms with E-state index in [4.69, 9.17) is 4.74 Å². The van der Waals surface area contributed by atoms with Crippen LogP contribution in [0.5, 0.6) is 5.88 Å². The van der Waals surface area contributed by atoms with E-state index in [9.17, 15) is 31.6 Å². The number of nitrogens with zero attached hydrogens (tertiary/aromatic N) is 4. The Hall–Kier alpha value is -3.14. The molecule has 0 amide bonds. The van der Waals surface area contributed by atoms with Gasteiger partial charge in [-0.2, -0.15) is 36.6 Å². The third kappa shape index (κ3) is 5.01. The van der Waals surface area contributed by atoms with Crippen molar-refractivity contribution in [1.82, 2.24) is 14.8 Å². The number of aromatic nitrogens is 3. The number of rotatable bonds is 7. The molecule has 32 heavy (non-hydrogen) atoms. The molecule has 1 saturated carbocycles. The average Bonchev–Trinajstić information content (AvgIpc) is 3.39. The highest BCUT2D eigenvalue weighted by Crippen LogP contribution is 2.37. The highest BCUT2D eigenvalue weighted by Gasteiger charge is 2.41. The quantitative estimate of drug-likeness (QED) is 0.562. The molecule has 0 bridgehead atoms. The van der Waals surface area contributed by atoms with E-state index in [0.717, 1.165) is 44.0 Å². The molecular weight excluding hydrogens is 453 g/mol. The van der Waals surface area contributed by atoms with Crippen LogP contribution in [0.1, 0.15) is 50.3 Å². The summed E-state index contributed by atoms with van der Waals surface area (Å²) in [5.74, 6) is -1.46. The van der Waals surface area contributed by atoms with Crippen molar-refractivity contribution < 1.29 is 35.3 Å². The molecule has 2 aromatic rings. The zero-order chi connectivity index (χ0) is 23.5. The Balaban J connectivity index is 1.99. The largest absolute Gasteiger partial charge is 0.476 e. The first kappa shape index (κ1) is 23.5. The molecule has 3 rings (SSSR count). The van der Waals surface area contributed by atoms with Gasteiger partial charge in [0.05, 0.1) is 12.8 Å². The minimum absolute atomic E-state index is 0.108. The summed E-state index contributed by atoms with van der Waals surface area (Å²) in [5.41, 5.74) is -2.22. The Kier molecular flexibility index (Phi) is 6.73. The molecule has 0 unspecified atom stereocenters. The lowest BCUT2D eigenvalue weighted by Crippen LogP contribution is -2.14. The highest BCUT2D eigenvalue weighted by molar-refractivity contribution is 7.87. The van der Waals surface area contributed by atoms with Crippen molar-refractivity contribution in [2.24, 2.45) is 5.92 Å². The second-order valence-corrected chi connectivity index (χ2v) is 8.67. The van der Waals surface area contributed by atoms with Gasteiger partial charge in [0, 0.05) is 6.42 Å². The summed E-state index contributed by atoms with van der Waals surface area (Å²) < 4.78 is 75.1. The van der Waals surface area contributed by atoms with E-state index in [1.165, 1.54) is 13.0 Å². The molecule has 1 fully saturated rings. The average molecular weight is 472 g/mol. The van der Waals surface area contributed by atoms with Gasteiger partial charge in [0.15, 0.2) is 11.5 Å². The molecule has 13 heteroatoms. The molecule has 9 nitrogen and oxygen atoms in total. The standard InChI is InChI=1S/C19H19F3N4O5S/c1-2-16(27)31-32(28,29)13-7-8-15(24-10-13)26-18(30-11-12-5-3-4-6-12)14(9-23)17(25-26)19(20,21)22/h7-8,10,12H,2-6,11H2,1H3. The predicted molar refractivity (Wildman–Crippen MR) is 102 cm³/mol. The van der Waals surface area contributed by atoms with Crippen molar-refractivity contribution in [2.45, 2.75) is 50.1 Å². The molecule has 2 heterocycles. The van der Waals surface area contributed by atoms with Crippen LogP contribution in [0.2, 0.25) is 0 Å². The van der Waals surface area contributed by atoms with E-state index >= 15 is 0 Å². The van der Waals surface area contributed by atoms with Gasteiger partial charge in [0.25, 0.3) is 0 Å². The number of alkyl halides is 3. The van der Waals surface area contributed by atoms with Crippen molar-refractivity contribution in [3.8, 4) is 17.8 Å². The van der Waals surface area contributed by atoms with Crippen molar-refractivity contribution in [3.63, 3.8) is 0 Å². The van der Waals surface area contributed by atoms with Gasteiger partial charge in [-0.05, 0) is 30.9 Å². The van der Waals surface area contributed by atoms with Crippen LogP contribution >= 0.6 is 0 Å². The Morgan fingerprint density at radius 2 is 2.00 bits per heavy atom. The van der Waals surface area contributed by atoms with Gasteiger partial charge >= 0.3 is 22.3 Å². The molecule has 2 aromatic heterocycles. The molecule has 0 saturated heterocycles. The molecule has 0 N–H and O–H groups in total. The minimum atomic E-state index is -4.92. The topological polar surface area (TPSA) is 124 Å². The molecular formula is C19H19F3N4O5S. The normalized spacial score (nSPS) is 14.8. The maximum atomic E-state index is 13.4. The fourth-order valence-corrected chi connectivity index (χ4v) is 4.11. The van der Waals surface area contributed by atoms with Gasteiger partial charge in [-0.3, -0.25) is 4.79 Å². The van der Waals surface area contributed by atoms with Gasteiger partial charge in [0.1, 0.15) is 16.5 Å². The van der Waals surface area contributed by atoms with Crippen LogP contribution in [0.15, 0.2) is 23.2 Å². The van der Waals surface area contributed by atoms with Crippen molar-refractivity contribution in [3.05, 3.63) is 29.6 Å². The van der Waals surface area contributed by atoms with Crippen LogP contribution < -0.4 is 4.74 Å². The second kappa shape index (κ2) is 9.15. The number of carbonyl (C=O) groups excluding carboxylic acids is 1. The zero-order valence-corrected chi connectivity index (χ0v) is 17.7. The molecule has 0 radical (unpaired) electrons. The maximum Gasteiger partial charge on any atom is 0.436 e. The molecule has 172 valence electrons. The fraction of sp³-hybridized carbons (Fsp3) is 0.474. The first-order chi connectivity index (χ1) is 15.1. The van der Waals surface area contributed by atoms with Crippen molar-refractivity contribution >= 4 is 16.1 Å². The van der Waals surface area contributed by atoms with Crippen LogP contribution in [0.3, 0.4) is 0 Å². The van der Waals surface area contributed by atoms with E-state index in [1.54, 1.807) is 0 Å². The SMILES string of the molecule is CCC(=O)OS(=O)(=O)c1ccc(-n2nc(C(F)(F)F)c(C#N)c2OCC2CCCC2)nc1. The lowest BCUT2D eigenvalue weighted by atomic mass is 10.1. The summed E-state index contributed by atoms with van der Waals surface area (Å²) in [7, 11) is -4.44. The summed E-state index contributed by atoms with van der Waals surface area (Å²) >= 11 is 0. The van der Waals surface area contributed by atoms with Crippen LogP contribution in [0.4, 0.5) is 13.2 Å². The van der Waals surface area contributed by atoms with Crippen molar-refractivity contribution in [1.29, 1.82) is 5.26 Å². The first-order valence-electron chi connectivity index (χ1n) is 9.73. The van der Waals surface area contributed by atoms with E-state index < -0.39 is 44.3 Å². The van der Waals surface area contributed by atoms with Gasteiger partial charge in [-0.1, -0.05) is 19.8 Å². The van der Waals surface area contributed by atoms with Gasteiger partial charge in [-0.15, -0.1) is 0 Å². The monoisotopic (exact) mass is 472 g/mol. The smallest absolute Gasteiger partial charge is 0.436 e. The fourth-order valence-electron chi connectivity index (χ4n) is 3.24. The van der Waals surface area contributed by atoms with Crippen LogP contribution in [0.25, 0.3) is 5.82 Å². The number of halogens is 3. The molecule has 1 aliphatic carbocycles. The van der Waals surface area contributed by atoms with E-state index in [2.05, 4.69) is 14.3 Å². The number of hydrogen-bond acceptors (Lipinski definition) is 8. The van der Waals surface area contributed by atoms with Crippen molar-refractivity contribution in [2.75, 3.05) is 6.61 Å². The molecule has 0 aromatic carbocycles. The highest BCUT2D eigenvalue weighted by atomic mass is 32.2. The number of hydrogen-bond donors (Lipinski definition) is 0. The second-order valence-electron chi connectivity index (χ2n) is 7.13. The zero-order valence-electron chi connectivity index (χ0n) is 16.9. The van der Waals surface area contributed by atoms with Crippen LogP contribution in [-0.2, 0) is 25.3 Å². The summed E-state index contributed by atoms with van der Waals surface area (Å²) in [4.78, 5) is 14.7. The summed E-state index contributed by atoms with van der Waals surface area (Å²) in [6.45, 7) is 1.52. The lowest BCUT2D eigenvalue weighted by molar-refractivity contribution is -0.141. The summed E-state index contributed by atoms with van der Waals surface area (Å²) in [5, 5.41) is 12.8.